The molecule has 2 aromatic rings. The van der Waals surface area contributed by atoms with Gasteiger partial charge in [0.15, 0.2) is 0 Å². The second-order valence-electron chi connectivity index (χ2n) is 5.05. The molecule has 0 fully saturated rings. The highest BCUT2D eigenvalue weighted by Crippen LogP contribution is 2.27. The molecule has 0 aliphatic heterocycles. The van der Waals surface area contributed by atoms with Crippen LogP contribution >= 0.6 is 0 Å². The number of rotatable bonds is 8. The Labute approximate surface area is 129 Å². The van der Waals surface area contributed by atoms with Crippen LogP contribution in [0.25, 0.3) is 0 Å². The molecule has 5 heteroatoms. The average molecular weight is 300 g/mol. The summed E-state index contributed by atoms with van der Waals surface area (Å²) >= 11 is 0. The molecule has 5 nitrogen and oxygen atoms in total. The Hall–Kier alpha value is -2.40. The first kappa shape index (κ1) is 16.0. The normalized spacial score (nSPS) is 11.9. The van der Waals surface area contributed by atoms with E-state index < -0.39 is 4.92 Å². The topological polar surface area (TPSA) is 78.4 Å². The van der Waals surface area contributed by atoms with Crippen molar-refractivity contribution in [2.24, 2.45) is 5.73 Å². The van der Waals surface area contributed by atoms with Gasteiger partial charge in [0.2, 0.25) is 0 Å². The smallest absolute Gasteiger partial charge is 0.269 e. The van der Waals surface area contributed by atoms with Gasteiger partial charge in [-0.1, -0.05) is 30.3 Å². The van der Waals surface area contributed by atoms with Crippen LogP contribution in [0.3, 0.4) is 0 Å². The van der Waals surface area contributed by atoms with E-state index in [1.165, 1.54) is 12.1 Å². The van der Waals surface area contributed by atoms with Crippen molar-refractivity contribution < 1.29 is 9.66 Å². The highest BCUT2D eigenvalue weighted by Gasteiger charge is 2.14. The van der Waals surface area contributed by atoms with E-state index in [-0.39, 0.29) is 11.8 Å². The molecule has 0 saturated carbocycles. The van der Waals surface area contributed by atoms with Gasteiger partial charge in [0.05, 0.1) is 4.92 Å². The first-order chi connectivity index (χ1) is 10.7. The van der Waals surface area contributed by atoms with E-state index in [1.807, 2.05) is 30.3 Å². The Kier molecular flexibility index (Phi) is 5.91. The van der Waals surface area contributed by atoms with E-state index in [4.69, 9.17) is 10.5 Å². The molecule has 116 valence electrons. The zero-order chi connectivity index (χ0) is 15.8. The van der Waals surface area contributed by atoms with E-state index in [0.717, 1.165) is 24.8 Å². The van der Waals surface area contributed by atoms with E-state index in [0.29, 0.717) is 12.3 Å². The second-order valence-corrected chi connectivity index (χ2v) is 5.05. The zero-order valence-corrected chi connectivity index (χ0v) is 12.4. The van der Waals surface area contributed by atoms with Crippen molar-refractivity contribution in [3.05, 3.63) is 70.3 Å². The van der Waals surface area contributed by atoms with Crippen LogP contribution in [-0.4, -0.2) is 11.5 Å². The summed E-state index contributed by atoms with van der Waals surface area (Å²) in [5.74, 6) is 0.632. The van der Waals surface area contributed by atoms with Gasteiger partial charge in [-0.25, -0.2) is 0 Å². The standard InChI is InChI=1S/C17H20N2O3/c18-13-5-4-8-17(14-6-2-1-3-7-14)22-16-11-9-15(10-12-16)19(20)21/h1-3,6-7,9-12,17H,4-5,8,13,18H2. The monoisotopic (exact) mass is 300 g/mol. The number of unbranched alkanes of at least 4 members (excludes halogenated alkanes) is 1. The Balaban J connectivity index is 2.09. The van der Waals surface area contributed by atoms with E-state index in [1.54, 1.807) is 12.1 Å². The van der Waals surface area contributed by atoms with E-state index in [9.17, 15) is 10.1 Å². The highest BCUT2D eigenvalue weighted by molar-refractivity contribution is 5.36. The lowest BCUT2D eigenvalue weighted by molar-refractivity contribution is -0.384. The molecule has 0 aliphatic carbocycles. The van der Waals surface area contributed by atoms with Crippen LogP contribution < -0.4 is 10.5 Å². The molecule has 1 atom stereocenters. The number of nitro groups is 1. The lowest BCUT2D eigenvalue weighted by Gasteiger charge is -2.19. The minimum Gasteiger partial charge on any atom is -0.486 e. The van der Waals surface area contributed by atoms with Crippen molar-refractivity contribution in [3.63, 3.8) is 0 Å². The summed E-state index contributed by atoms with van der Waals surface area (Å²) in [7, 11) is 0. The molecule has 0 amide bonds. The number of non-ortho nitro benzene ring substituents is 1. The number of ether oxygens (including phenoxy) is 1. The maximum Gasteiger partial charge on any atom is 0.269 e. The molecule has 2 aromatic carbocycles. The largest absolute Gasteiger partial charge is 0.486 e. The first-order valence-electron chi connectivity index (χ1n) is 7.37. The minimum atomic E-state index is -0.417. The fourth-order valence-corrected chi connectivity index (χ4v) is 2.25. The minimum absolute atomic E-state index is 0.0618. The van der Waals surface area contributed by atoms with Crippen LogP contribution in [0.15, 0.2) is 54.6 Å². The Bertz CT molecular complexity index is 585. The zero-order valence-electron chi connectivity index (χ0n) is 12.4. The number of hydrogen-bond donors (Lipinski definition) is 1. The summed E-state index contributed by atoms with van der Waals surface area (Å²) in [4.78, 5) is 10.3. The molecule has 0 radical (unpaired) electrons. The molecule has 0 spiro atoms. The van der Waals surface area contributed by atoms with Gasteiger partial charge in [0, 0.05) is 12.1 Å². The van der Waals surface area contributed by atoms with Gasteiger partial charge >= 0.3 is 0 Å². The van der Waals surface area contributed by atoms with E-state index >= 15 is 0 Å². The number of nitro benzene ring substituents is 1. The average Bonchev–Trinajstić information content (AvgIpc) is 2.55. The number of hydrogen-bond acceptors (Lipinski definition) is 4. The number of nitrogens with zero attached hydrogens (tertiary/aromatic N) is 1. The first-order valence-corrected chi connectivity index (χ1v) is 7.37. The predicted molar refractivity (Wildman–Crippen MR) is 85.8 cm³/mol. The van der Waals surface area contributed by atoms with Crippen LogP contribution in [0.2, 0.25) is 0 Å². The van der Waals surface area contributed by atoms with Gasteiger partial charge < -0.3 is 10.5 Å². The van der Waals surface area contributed by atoms with Gasteiger partial charge in [-0.15, -0.1) is 0 Å². The maximum atomic E-state index is 10.7. The van der Waals surface area contributed by atoms with Crippen LogP contribution in [-0.2, 0) is 0 Å². The van der Waals surface area contributed by atoms with Gasteiger partial charge in [-0.3, -0.25) is 10.1 Å². The fourth-order valence-electron chi connectivity index (χ4n) is 2.25. The van der Waals surface area contributed by atoms with Crippen LogP contribution in [0, 0.1) is 10.1 Å². The molecule has 22 heavy (non-hydrogen) atoms. The third kappa shape index (κ3) is 4.56. The SMILES string of the molecule is NCCCCC(Oc1ccc([N+](=O)[O-])cc1)c1ccccc1. The molecule has 0 heterocycles. The van der Waals surface area contributed by atoms with Crippen molar-refractivity contribution in [2.75, 3.05) is 6.54 Å². The molecule has 1 unspecified atom stereocenters. The molecule has 0 saturated heterocycles. The van der Waals surface area contributed by atoms with Crippen molar-refractivity contribution in [2.45, 2.75) is 25.4 Å². The predicted octanol–water partition coefficient (Wildman–Crippen LogP) is 3.84. The summed E-state index contributed by atoms with van der Waals surface area (Å²) in [6.45, 7) is 0.666. The second kappa shape index (κ2) is 8.14. The van der Waals surface area contributed by atoms with Gasteiger partial charge in [-0.05, 0) is 43.5 Å². The van der Waals surface area contributed by atoms with Gasteiger partial charge in [-0.2, -0.15) is 0 Å². The van der Waals surface area contributed by atoms with Crippen molar-refractivity contribution >= 4 is 5.69 Å². The van der Waals surface area contributed by atoms with E-state index in [2.05, 4.69) is 0 Å². The Morgan fingerprint density at radius 3 is 2.32 bits per heavy atom. The van der Waals surface area contributed by atoms with Gasteiger partial charge in [0.1, 0.15) is 11.9 Å². The molecule has 0 aliphatic rings. The third-order valence-corrected chi connectivity index (χ3v) is 3.42. The summed E-state index contributed by atoms with van der Waals surface area (Å²) in [5, 5.41) is 10.7. The molecule has 2 N–H and O–H groups in total. The molecule has 0 aromatic heterocycles. The van der Waals surface area contributed by atoms with Crippen molar-refractivity contribution in [1.29, 1.82) is 0 Å². The molecular weight excluding hydrogens is 280 g/mol. The van der Waals surface area contributed by atoms with Crippen LogP contribution in [0.1, 0.15) is 30.9 Å². The molecule has 0 bridgehead atoms. The quantitative estimate of drug-likeness (QED) is 0.456. The summed E-state index contributed by atoms with van der Waals surface area (Å²) in [5.41, 5.74) is 6.70. The summed E-state index contributed by atoms with van der Waals surface area (Å²) < 4.78 is 6.02. The Morgan fingerprint density at radius 1 is 1.05 bits per heavy atom. The van der Waals surface area contributed by atoms with Crippen molar-refractivity contribution in [1.82, 2.24) is 0 Å². The fraction of sp³-hybridized carbons (Fsp3) is 0.294. The molecular formula is C17H20N2O3. The van der Waals surface area contributed by atoms with Crippen LogP contribution in [0.5, 0.6) is 5.75 Å². The maximum absolute atomic E-state index is 10.7. The summed E-state index contributed by atoms with van der Waals surface area (Å²) in [6.07, 6.45) is 2.71. The molecule has 2 rings (SSSR count). The Morgan fingerprint density at radius 2 is 1.73 bits per heavy atom. The van der Waals surface area contributed by atoms with Crippen LogP contribution in [0.4, 0.5) is 5.69 Å². The summed E-state index contributed by atoms with van der Waals surface area (Å²) in [6, 6.07) is 16.2. The van der Waals surface area contributed by atoms with Crippen molar-refractivity contribution in [3.8, 4) is 5.75 Å². The van der Waals surface area contributed by atoms with Gasteiger partial charge in [0.25, 0.3) is 5.69 Å². The lowest BCUT2D eigenvalue weighted by Crippen LogP contribution is -2.09. The lowest BCUT2D eigenvalue weighted by atomic mass is 10.0. The highest BCUT2D eigenvalue weighted by atomic mass is 16.6. The number of benzene rings is 2. The third-order valence-electron chi connectivity index (χ3n) is 3.42. The number of nitrogens with two attached hydrogens (primary N) is 1.